The molecule has 1 aromatic heterocycles. The van der Waals surface area contributed by atoms with E-state index in [1.54, 1.807) is 18.3 Å². The first kappa shape index (κ1) is 16.6. The molecule has 0 fully saturated rings. The quantitative estimate of drug-likeness (QED) is 0.722. The molecule has 3 rings (SSSR count). The highest BCUT2D eigenvalue weighted by molar-refractivity contribution is 7.89. The fraction of sp³-hybridized carbons (Fsp3) is 0.167. The lowest BCUT2D eigenvalue weighted by Crippen LogP contribution is -2.26. The molecule has 0 bridgehead atoms. The van der Waals surface area contributed by atoms with Crippen molar-refractivity contribution in [2.45, 2.75) is 17.4 Å². The minimum Gasteiger partial charge on any atom is -0.388 e. The molecule has 1 heterocycles. The molecule has 5 nitrogen and oxygen atoms in total. The van der Waals surface area contributed by atoms with Crippen LogP contribution in [0.15, 0.2) is 71.8 Å². The molecule has 0 spiro atoms. The van der Waals surface area contributed by atoms with Gasteiger partial charge in [0.25, 0.3) is 0 Å². The second-order valence-corrected chi connectivity index (χ2v) is 7.18. The molecule has 3 aromatic rings. The number of benzene rings is 2. The minimum absolute atomic E-state index is 0.140. The average Bonchev–Trinajstić information content (AvgIpc) is 2.61. The lowest BCUT2D eigenvalue weighted by molar-refractivity contribution is 0.169. The number of nitrogens with zero attached hydrogens (tertiary/aromatic N) is 1. The molecule has 0 saturated heterocycles. The SMILES string of the molecule is O=S(=O)(NCCC(O)c1ccccc1)c1cccc2cccnc12. The molecule has 24 heavy (non-hydrogen) atoms. The van der Waals surface area contributed by atoms with Gasteiger partial charge in [-0.25, -0.2) is 13.1 Å². The van der Waals surface area contributed by atoms with Crippen molar-refractivity contribution in [1.82, 2.24) is 9.71 Å². The van der Waals surface area contributed by atoms with E-state index in [2.05, 4.69) is 9.71 Å². The van der Waals surface area contributed by atoms with E-state index in [4.69, 9.17) is 0 Å². The van der Waals surface area contributed by atoms with Gasteiger partial charge in [0.2, 0.25) is 10.0 Å². The number of nitrogens with one attached hydrogen (secondary N) is 1. The maximum atomic E-state index is 12.5. The number of sulfonamides is 1. The van der Waals surface area contributed by atoms with Gasteiger partial charge < -0.3 is 5.11 Å². The number of aliphatic hydroxyl groups excluding tert-OH is 1. The van der Waals surface area contributed by atoms with Crippen LogP contribution in [0.4, 0.5) is 0 Å². The number of hydrogen-bond donors (Lipinski definition) is 2. The third kappa shape index (κ3) is 3.62. The van der Waals surface area contributed by atoms with Crippen LogP contribution in [-0.4, -0.2) is 25.1 Å². The number of pyridine rings is 1. The summed E-state index contributed by atoms with van der Waals surface area (Å²) in [6.45, 7) is 0.140. The molecule has 124 valence electrons. The van der Waals surface area contributed by atoms with E-state index in [-0.39, 0.29) is 11.4 Å². The highest BCUT2D eigenvalue weighted by Crippen LogP contribution is 2.21. The Labute approximate surface area is 141 Å². The first-order valence-corrected chi connectivity index (χ1v) is 9.13. The van der Waals surface area contributed by atoms with Crippen molar-refractivity contribution in [3.8, 4) is 0 Å². The van der Waals surface area contributed by atoms with Crippen molar-refractivity contribution >= 4 is 20.9 Å². The van der Waals surface area contributed by atoms with Crippen molar-refractivity contribution in [2.75, 3.05) is 6.54 Å². The maximum Gasteiger partial charge on any atom is 0.242 e. The van der Waals surface area contributed by atoms with Crippen molar-refractivity contribution in [3.63, 3.8) is 0 Å². The first-order valence-electron chi connectivity index (χ1n) is 7.64. The van der Waals surface area contributed by atoms with Crippen LogP contribution >= 0.6 is 0 Å². The van der Waals surface area contributed by atoms with Gasteiger partial charge in [-0.1, -0.05) is 48.5 Å². The largest absolute Gasteiger partial charge is 0.388 e. The topological polar surface area (TPSA) is 79.3 Å². The van der Waals surface area contributed by atoms with Crippen LogP contribution in [0.5, 0.6) is 0 Å². The Kier molecular flexibility index (Phi) is 4.89. The summed E-state index contributed by atoms with van der Waals surface area (Å²) < 4.78 is 27.6. The minimum atomic E-state index is -3.69. The van der Waals surface area contributed by atoms with Crippen molar-refractivity contribution in [1.29, 1.82) is 0 Å². The fourth-order valence-electron chi connectivity index (χ4n) is 2.54. The van der Waals surface area contributed by atoms with E-state index in [0.717, 1.165) is 10.9 Å². The third-order valence-electron chi connectivity index (χ3n) is 3.78. The molecule has 6 heteroatoms. The van der Waals surface area contributed by atoms with E-state index in [1.807, 2.05) is 42.5 Å². The van der Waals surface area contributed by atoms with E-state index < -0.39 is 16.1 Å². The van der Waals surface area contributed by atoms with Gasteiger partial charge >= 0.3 is 0 Å². The Balaban J connectivity index is 1.72. The predicted molar refractivity (Wildman–Crippen MR) is 93.0 cm³/mol. The summed E-state index contributed by atoms with van der Waals surface area (Å²) >= 11 is 0. The molecule has 2 N–H and O–H groups in total. The second-order valence-electron chi connectivity index (χ2n) is 5.44. The van der Waals surface area contributed by atoms with Gasteiger partial charge in [-0.3, -0.25) is 4.98 Å². The van der Waals surface area contributed by atoms with Gasteiger partial charge in [0.1, 0.15) is 4.90 Å². The first-order chi connectivity index (χ1) is 11.6. The Hall–Kier alpha value is -2.28. The molecule has 0 aliphatic rings. The summed E-state index contributed by atoms with van der Waals surface area (Å²) in [5, 5.41) is 10.9. The monoisotopic (exact) mass is 342 g/mol. The van der Waals surface area contributed by atoms with Gasteiger partial charge in [-0.15, -0.1) is 0 Å². The molecule has 0 saturated carbocycles. The van der Waals surface area contributed by atoms with E-state index in [9.17, 15) is 13.5 Å². The number of para-hydroxylation sites is 1. The smallest absolute Gasteiger partial charge is 0.242 e. The number of aliphatic hydroxyl groups is 1. The summed E-state index contributed by atoms with van der Waals surface area (Å²) in [7, 11) is -3.69. The van der Waals surface area contributed by atoms with E-state index in [0.29, 0.717) is 11.9 Å². The van der Waals surface area contributed by atoms with Gasteiger partial charge in [-0.05, 0) is 24.1 Å². The van der Waals surface area contributed by atoms with Gasteiger partial charge in [-0.2, -0.15) is 0 Å². The average molecular weight is 342 g/mol. The summed E-state index contributed by atoms with van der Waals surface area (Å²) in [5.74, 6) is 0. The van der Waals surface area contributed by atoms with Gasteiger partial charge in [0, 0.05) is 18.1 Å². The number of hydrogen-bond acceptors (Lipinski definition) is 4. The number of rotatable bonds is 6. The summed E-state index contributed by atoms with van der Waals surface area (Å²) in [6, 6.07) is 17.8. The van der Waals surface area contributed by atoms with Crippen molar-refractivity contribution in [3.05, 3.63) is 72.4 Å². The van der Waals surface area contributed by atoms with Crippen molar-refractivity contribution < 1.29 is 13.5 Å². The molecular formula is C18H18N2O3S. The Morgan fingerprint density at radius 2 is 1.75 bits per heavy atom. The van der Waals surface area contributed by atoms with Crippen molar-refractivity contribution in [2.24, 2.45) is 0 Å². The standard InChI is InChI=1S/C18H18N2O3S/c21-16(14-6-2-1-3-7-14)11-13-20-24(22,23)17-10-4-8-15-9-5-12-19-18(15)17/h1-10,12,16,20-21H,11,13H2. The van der Waals surface area contributed by atoms with Crippen LogP contribution in [0.2, 0.25) is 0 Å². The highest BCUT2D eigenvalue weighted by atomic mass is 32.2. The predicted octanol–water partition coefficient (Wildman–Crippen LogP) is 2.64. The van der Waals surface area contributed by atoms with Crippen LogP contribution in [0, 0.1) is 0 Å². The highest BCUT2D eigenvalue weighted by Gasteiger charge is 2.18. The summed E-state index contributed by atoms with van der Waals surface area (Å²) in [5.41, 5.74) is 1.21. The molecule has 1 atom stereocenters. The van der Waals surface area contributed by atoms with Gasteiger partial charge in [0.05, 0.1) is 11.6 Å². The van der Waals surface area contributed by atoms with Crippen LogP contribution in [0.3, 0.4) is 0 Å². The zero-order valence-corrected chi connectivity index (χ0v) is 13.8. The Morgan fingerprint density at radius 3 is 2.54 bits per heavy atom. The van der Waals surface area contributed by atoms with Crippen LogP contribution in [-0.2, 0) is 10.0 Å². The lowest BCUT2D eigenvalue weighted by atomic mass is 10.1. The van der Waals surface area contributed by atoms with Crippen LogP contribution in [0.25, 0.3) is 10.9 Å². The molecule has 0 amide bonds. The Morgan fingerprint density at radius 1 is 1.00 bits per heavy atom. The van der Waals surface area contributed by atoms with E-state index in [1.165, 1.54) is 6.07 Å². The fourth-order valence-corrected chi connectivity index (χ4v) is 3.77. The zero-order chi connectivity index (χ0) is 17.0. The normalized spacial score (nSPS) is 13.0. The number of aromatic nitrogens is 1. The molecule has 0 aliphatic heterocycles. The molecule has 0 aliphatic carbocycles. The lowest BCUT2D eigenvalue weighted by Gasteiger charge is -2.12. The zero-order valence-electron chi connectivity index (χ0n) is 13.0. The molecule has 2 aromatic carbocycles. The molecular weight excluding hydrogens is 324 g/mol. The van der Waals surface area contributed by atoms with Crippen LogP contribution in [0.1, 0.15) is 18.1 Å². The molecule has 1 unspecified atom stereocenters. The van der Waals surface area contributed by atoms with Crippen LogP contribution < -0.4 is 4.72 Å². The summed E-state index contributed by atoms with van der Waals surface area (Å²) in [6.07, 6.45) is 1.15. The summed E-state index contributed by atoms with van der Waals surface area (Å²) in [4.78, 5) is 4.32. The second kappa shape index (κ2) is 7.09. The third-order valence-corrected chi connectivity index (χ3v) is 5.27. The maximum absolute atomic E-state index is 12.5. The Bertz CT molecular complexity index is 922. The molecule has 0 radical (unpaired) electrons. The number of fused-ring (bicyclic) bond motifs is 1. The van der Waals surface area contributed by atoms with E-state index >= 15 is 0 Å². The van der Waals surface area contributed by atoms with Gasteiger partial charge in [0.15, 0.2) is 0 Å².